The summed E-state index contributed by atoms with van der Waals surface area (Å²) in [5.41, 5.74) is -0.161. The van der Waals surface area contributed by atoms with Crippen molar-refractivity contribution in [3.8, 4) is 0 Å². The molecule has 0 aliphatic carbocycles. The van der Waals surface area contributed by atoms with Gasteiger partial charge in [-0.25, -0.2) is 4.57 Å². The first kappa shape index (κ1) is 27.4. The number of aromatic nitrogens is 2. The molecule has 1 atom stereocenters. The maximum absolute atomic E-state index is 10.9. The SMILES string of the molecule is C/C(=N\O)C(C)(C)NCCCNC(C)(C)/C(COCC(O)Cn1ccnc1[N+](=O)[O-])=N/O. The Morgan fingerprint density at radius 2 is 1.88 bits per heavy atom. The van der Waals surface area contributed by atoms with Crippen LogP contribution in [0.15, 0.2) is 22.7 Å². The largest absolute Gasteiger partial charge is 0.434 e. The zero-order valence-corrected chi connectivity index (χ0v) is 19.3. The lowest BCUT2D eigenvalue weighted by molar-refractivity contribution is -0.397. The van der Waals surface area contributed by atoms with Gasteiger partial charge in [-0.2, -0.15) is 0 Å². The summed E-state index contributed by atoms with van der Waals surface area (Å²) in [6, 6.07) is 0. The topological polar surface area (TPSA) is 180 Å². The normalized spacial score (nSPS) is 14.6. The molecule has 0 saturated carbocycles. The van der Waals surface area contributed by atoms with Crippen molar-refractivity contribution in [1.29, 1.82) is 0 Å². The molecule has 0 radical (unpaired) electrons. The minimum absolute atomic E-state index is 0.0307. The number of ether oxygens (including phenoxy) is 1. The van der Waals surface area contributed by atoms with Crippen LogP contribution in [0.4, 0.5) is 5.95 Å². The molecule has 0 bridgehead atoms. The summed E-state index contributed by atoms with van der Waals surface area (Å²) < 4.78 is 6.69. The molecule has 0 saturated heterocycles. The van der Waals surface area contributed by atoms with Crippen LogP contribution < -0.4 is 10.6 Å². The molecule has 0 aromatic carbocycles. The van der Waals surface area contributed by atoms with E-state index in [1.165, 1.54) is 17.0 Å². The smallest absolute Gasteiger partial charge is 0.411 e. The molecule has 1 unspecified atom stereocenters. The second-order valence-corrected chi connectivity index (χ2v) is 8.49. The molecule has 1 rings (SSSR count). The molecule has 1 heterocycles. The van der Waals surface area contributed by atoms with Crippen molar-refractivity contribution >= 4 is 17.4 Å². The molecule has 0 spiro atoms. The molecule has 0 fully saturated rings. The molecular formula is C19H35N7O6. The van der Waals surface area contributed by atoms with E-state index in [0.29, 0.717) is 24.5 Å². The fraction of sp³-hybridized carbons (Fsp3) is 0.737. The molecule has 13 nitrogen and oxygen atoms in total. The summed E-state index contributed by atoms with van der Waals surface area (Å²) in [6.45, 7) is 10.4. The Bertz CT molecular complexity index is 791. The van der Waals surface area contributed by atoms with Crippen molar-refractivity contribution in [2.24, 2.45) is 10.3 Å². The first-order valence-corrected chi connectivity index (χ1v) is 10.3. The minimum atomic E-state index is -1.00. The highest BCUT2D eigenvalue weighted by Gasteiger charge is 2.26. The van der Waals surface area contributed by atoms with Gasteiger partial charge >= 0.3 is 5.95 Å². The number of imidazole rings is 1. The summed E-state index contributed by atoms with van der Waals surface area (Å²) in [4.78, 5) is 13.9. The van der Waals surface area contributed by atoms with Crippen molar-refractivity contribution in [2.45, 2.75) is 64.8 Å². The van der Waals surface area contributed by atoms with E-state index in [4.69, 9.17) is 9.94 Å². The molecule has 0 aliphatic heterocycles. The van der Waals surface area contributed by atoms with Gasteiger partial charge in [0.2, 0.25) is 0 Å². The third kappa shape index (κ3) is 8.49. The van der Waals surface area contributed by atoms with Crippen LogP contribution in [0.25, 0.3) is 0 Å². The van der Waals surface area contributed by atoms with E-state index in [9.17, 15) is 20.4 Å². The molecule has 13 heteroatoms. The first-order chi connectivity index (χ1) is 14.9. The fourth-order valence-electron chi connectivity index (χ4n) is 2.77. The Labute approximate surface area is 187 Å². The number of nitrogens with one attached hydrogen (secondary N) is 2. The van der Waals surface area contributed by atoms with Gasteiger partial charge in [0.15, 0.2) is 0 Å². The molecule has 5 N–H and O–H groups in total. The van der Waals surface area contributed by atoms with Gasteiger partial charge in [-0.3, -0.25) is 0 Å². The molecule has 1 aromatic rings. The van der Waals surface area contributed by atoms with Gasteiger partial charge in [0, 0.05) is 0 Å². The standard InChI is InChI=1S/C19H35N7O6/c1-14(23-28)18(2,3)21-7-6-8-22-19(4,5)16(24-29)13-32-12-15(27)11-25-10-9-20-17(25)26(30)31/h9-10,15,21-22,27-29H,6-8,11-13H2,1-5H3/b23-14+,24-16+. The van der Waals surface area contributed by atoms with Crippen LogP contribution in [0.5, 0.6) is 0 Å². The van der Waals surface area contributed by atoms with Crippen LogP contribution in [0.3, 0.4) is 0 Å². The van der Waals surface area contributed by atoms with Gasteiger partial charge in [-0.1, -0.05) is 15.3 Å². The highest BCUT2D eigenvalue weighted by atomic mass is 16.6. The van der Waals surface area contributed by atoms with Crippen LogP contribution in [-0.4, -0.2) is 84.9 Å². The van der Waals surface area contributed by atoms with Gasteiger partial charge in [0.05, 0.1) is 36.5 Å². The van der Waals surface area contributed by atoms with E-state index in [1.807, 2.05) is 27.7 Å². The van der Waals surface area contributed by atoms with Crippen LogP contribution >= 0.6 is 0 Å². The van der Waals surface area contributed by atoms with E-state index in [0.717, 1.165) is 6.42 Å². The second-order valence-electron chi connectivity index (χ2n) is 8.49. The number of hydrogen-bond donors (Lipinski definition) is 5. The number of nitrogens with zero attached hydrogens (tertiary/aromatic N) is 5. The number of nitro groups is 1. The predicted octanol–water partition coefficient (Wildman–Crippen LogP) is 0.976. The van der Waals surface area contributed by atoms with Gasteiger partial charge in [0.1, 0.15) is 24.2 Å². The van der Waals surface area contributed by atoms with E-state index < -0.39 is 22.1 Å². The van der Waals surface area contributed by atoms with Crippen molar-refractivity contribution in [2.75, 3.05) is 26.3 Å². The maximum atomic E-state index is 10.9. The summed E-state index contributed by atoms with van der Waals surface area (Å²) in [6.07, 6.45) is 2.46. The second kappa shape index (κ2) is 12.4. The van der Waals surface area contributed by atoms with Crippen LogP contribution in [0, 0.1) is 10.1 Å². The number of aliphatic hydroxyl groups excluding tert-OH is 1. The summed E-state index contributed by atoms with van der Waals surface area (Å²) >= 11 is 0. The number of oxime groups is 2. The Morgan fingerprint density at radius 3 is 2.44 bits per heavy atom. The Kier molecular flexibility index (Phi) is 10.7. The van der Waals surface area contributed by atoms with Crippen molar-refractivity contribution in [3.05, 3.63) is 22.5 Å². The quantitative estimate of drug-likeness (QED) is 0.0843. The van der Waals surface area contributed by atoms with Gasteiger partial charge in [0.25, 0.3) is 0 Å². The first-order valence-electron chi connectivity index (χ1n) is 10.3. The van der Waals surface area contributed by atoms with Crippen LogP contribution in [-0.2, 0) is 11.3 Å². The Hall–Kier alpha value is -2.61. The van der Waals surface area contributed by atoms with E-state index >= 15 is 0 Å². The van der Waals surface area contributed by atoms with Gasteiger partial charge in [-0.15, -0.1) is 0 Å². The molecular weight excluding hydrogens is 422 g/mol. The fourth-order valence-corrected chi connectivity index (χ4v) is 2.77. The lowest BCUT2D eigenvalue weighted by Crippen LogP contribution is -2.50. The summed E-state index contributed by atoms with van der Waals surface area (Å²) in [7, 11) is 0. The van der Waals surface area contributed by atoms with Gasteiger partial charge in [-0.05, 0) is 59.1 Å². The lowest BCUT2D eigenvalue weighted by Gasteiger charge is -2.28. The predicted molar refractivity (Wildman–Crippen MR) is 119 cm³/mol. The molecule has 0 amide bonds. The highest BCUT2D eigenvalue weighted by Crippen LogP contribution is 2.10. The lowest BCUT2D eigenvalue weighted by atomic mass is 9.98. The van der Waals surface area contributed by atoms with Crippen LogP contribution in [0.2, 0.25) is 0 Å². The van der Waals surface area contributed by atoms with E-state index in [2.05, 4.69) is 25.9 Å². The third-order valence-corrected chi connectivity index (χ3v) is 5.20. The number of rotatable bonds is 15. The zero-order valence-electron chi connectivity index (χ0n) is 19.3. The minimum Gasteiger partial charge on any atom is -0.411 e. The van der Waals surface area contributed by atoms with Crippen LogP contribution in [0.1, 0.15) is 41.0 Å². The average molecular weight is 458 g/mol. The molecule has 182 valence electrons. The molecule has 32 heavy (non-hydrogen) atoms. The van der Waals surface area contributed by atoms with Crippen molar-refractivity contribution in [3.63, 3.8) is 0 Å². The number of aliphatic hydroxyl groups is 1. The average Bonchev–Trinajstić information content (AvgIpc) is 3.18. The zero-order chi connectivity index (χ0) is 24.4. The van der Waals surface area contributed by atoms with E-state index in [1.54, 1.807) is 6.92 Å². The van der Waals surface area contributed by atoms with Crippen molar-refractivity contribution < 1.29 is 25.2 Å². The molecule has 0 aliphatic rings. The van der Waals surface area contributed by atoms with Gasteiger partial charge < -0.3 is 41.0 Å². The van der Waals surface area contributed by atoms with Crippen molar-refractivity contribution in [1.82, 2.24) is 20.2 Å². The maximum Gasteiger partial charge on any atom is 0.434 e. The van der Waals surface area contributed by atoms with E-state index in [-0.39, 0.29) is 25.7 Å². The number of hydrogen-bond acceptors (Lipinski definition) is 11. The third-order valence-electron chi connectivity index (χ3n) is 5.20. The summed E-state index contributed by atoms with van der Waals surface area (Å²) in [5.74, 6) is -0.358. The monoisotopic (exact) mass is 457 g/mol. The highest BCUT2D eigenvalue weighted by molar-refractivity contribution is 5.93. The molecule has 1 aromatic heterocycles. The summed E-state index contributed by atoms with van der Waals surface area (Å²) in [5, 5.41) is 52.4. The Balaban J connectivity index is 2.41. The Morgan fingerprint density at radius 1 is 1.25 bits per heavy atom.